The van der Waals surface area contributed by atoms with Gasteiger partial charge in [0.25, 0.3) is 10.0 Å². The molecule has 1 heterocycles. The third-order valence-corrected chi connectivity index (χ3v) is 5.74. The third-order valence-electron chi connectivity index (χ3n) is 4.13. The number of benzene rings is 2. The molecule has 11 heteroatoms. The van der Waals surface area contributed by atoms with Crippen molar-refractivity contribution in [3.8, 4) is 17.2 Å². The van der Waals surface area contributed by atoms with Crippen molar-refractivity contribution >= 4 is 15.7 Å². The van der Waals surface area contributed by atoms with Crippen molar-refractivity contribution in [2.75, 3.05) is 25.8 Å². The molecule has 0 saturated carbocycles. The molecule has 28 heavy (non-hydrogen) atoms. The molecule has 1 aliphatic rings. The number of hydrogen-bond acceptors (Lipinski definition) is 6. The third kappa shape index (κ3) is 3.20. The van der Waals surface area contributed by atoms with Gasteiger partial charge in [0, 0.05) is 6.07 Å². The Kier molecular flexibility index (Phi) is 5.06. The van der Waals surface area contributed by atoms with Gasteiger partial charge in [-0.15, -0.1) is 4.47 Å². The Bertz CT molecular complexity index is 989. The molecule has 0 radical (unpaired) electrons. The van der Waals surface area contributed by atoms with Crippen molar-refractivity contribution in [1.29, 1.82) is 0 Å². The molecule has 2 aromatic carbocycles. The number of fused-ring (bicyclic) bond motifs is 1. The predicted octanol–water partition coefficient (Wildman–Crippen LogP) is 3.37. The highest BCUT2D eigenvalue weighted by molar-refractivity contribution is 7.92. The molecule has 0 bridgehead atoms. The maximum Gasteiger partial charge on any atom is 0.416 e. The summed E-state index contributed by atoms with van der Waals surface area (Å²) in [6, 6.07) is 4.53. The van der Waals surface area contributed by atoms with E-state index in [0.29, 0.717) is 22.2 Å². The fourth-order valence-electron chi connectivity index (χ4n) is 2.81. The minimum atomic E-state index is -4.57. The van der Waals surface area contributed by atoms with Crippen LogP contribution in [0, 0.1) is 0 Å². The van der Waals surface area contributed by atoms with Crippen molar-refractivity contribution in [3.05, 3.63) is 41.5 Å². The number of halogens is 3. The van der Waals surface area contributed by atoms with Crippen LogP contribution in [0.4, 0.5) is 18.9 Å². The van der Waals surface area contributed by atoms with Gasteiger partial charge in [-0.05, 0) is 24.3 Å². The number of methoxy groups -OCH3 is 3. The van der Waals surface area contributed by atoms with E-state index in [4.69, 9.17) is 19.0 Å². The first kappa shape index (κ1) is 20.1. The smallest absolute Gasteiger partial charge is 0.416 e. The first-order chi connectivity index (χ1) is 13.1. The summed E-state index contributed by atoms with van der Waals surface area (Å²) >= 11 is 0. The van der Waals surface area contributed by atoms with Crippen LogP contribution in [0.15, 0.2) is 35.2 Å². The highest BCUT2D eigenvalue weighted by atomic mass is 32.2. The Morgan fingerprint density at radius 2 is 1.61 bits per heavy atom. The van der Waals surface area contributed by atoms with Crippen molar-refractivity contribution in [3.63, 3.8) is 0 Å². The number of anilines is 1. The summed E-state index contributed by atoms with van der Waals surface area (Å²) in [6.45, 7) is -0.140. The number of alkyl halides is 3. The van der Waals surface area contributed by atoms with Gasteiger partial charge in [-0.2, -0.15) is 21.6 Å². The lowest BCUT2D eigenvalue weighted by Gasteiger charge is -2.20. The van der Waals surface area contributed by atoms with Gasteiger partial charge in [0.1, 0.15) is 6.61 Å². The van der Waals surface area contributed by atoms with Crippen LogP contribution >= 0.6 is 0 Å². The van der Waals surface area contributed by atoms with Gasteiger partial charge in [0.05, 0.1) is 43.0 Å². The topological polar surface area (TPSA) is 74.3 Å². The van der Waals surface area contributed by atoms with E-state index < -0.39 is 21.8 Å². The SMILES string of the molecule is COc1cc2c(c(OC)c1OC)CON2S(=O)(=O)c1ccc(C(F)(F)F)cc1. The van der Waals surface area contributed by atoms with Crippen LogP contribution in [0.5, 0.6) is 17.2 Å². The molecule has 0 unspecified atom stereocenters. The zero-order valence-electron chi connectivity index (χ0n) is 15.0. The van der Waals surface area contributed by atoms with E-state index in [1.165, 1.54) is 27.4 Å². The molecule has 152 valence electrons. The number of hydrogen-bond donors (Lipinski definition) is 0. The summed E-state index contributed by atoms with van der Waals surface area (Å²) < 4.78 is 80.4. The van der Waals surface area contributed by atoms with Crippen molar-refractivity contribution in [2.45, 2.75) is 17.7 Å². The average Bonchev–Trinajstić information content (AvgIpc) is 3.10. The fraction of sp³-hybridized carbons (Fsp3) is 0.294. The van der Waals surface area contributed by atoms with E-state index in [9.17, 15) is 21.6 Å². The highest BCUT2D eigenvalue weighted by Crippen LogP contribution is 2.49. The quantitative estimate of drug-likeness (QED) is 0.740. The van der Waals surface area contributed by atoms with E-state index >= 15 is 0 Å². The average molecular weight is 419 g/mol. The predicted molar refractivity (Wildman–Crippen MR) is 92.0 cm³/mol. The van der Waals surface area contributed by atoms with Crippen LogP contribution in [-0.2, 0) is 27.6 Å². The van der Waals surface area contributed by atoms with E-state index in [0.717, 1.165) is 12.1 Å². The Labute approximate surface area is 159 Å². The molecule has 0 aromatic heterocycles. The van der Waals surface area contributed by atoms with Crippen molar-refractivity contribution in [2.24, 2.45) is 0 Å². The molecule has 0 spiro atoms. The lowest BCUT2D eigenvalue weighted by atomic mass is 10.1. The summed E-state index contributed by atoms with van der Waals surface area (Å²) in [7, 11) is -0.141. The van der Waals surface area contributed by atoms with Gasteiger partial charge >= 0.3 is 6.18 Å². The Balaban J connectivity index is 2.08. The van der Waals surface area contributed by atoms with Gasteiger partial charge < -0.3 is 14.2 Å². The van der Waals surface area contributed by atoms with E-state index in [-0.39, 0.29) is 34.4 Å². The highest BCUT2D eigenvalue weighted by Gasteiger charge is 2.38. The fourth-order valence-corrected chi connectivity index (χ4v) is 4.09. The Morgan fingerprint density at radius 3 is 2.11 bits per heavy atom. The minimum Gasteiger partial charge on any atom is -0.493 e. The second-order valence-electron chi connectivity index (χ2n) is 5.67. The second-order valence-corrected chi connectivity index (χ2v) is 7.42. The minimum absolute atomic E-state index is 0.120. The van der Waals surface area contributed by atoms with Crippen molar-refractivity contribution in [1.82, 2.24) is 0 Å². The molecular weight excluding hydrogens is 403 g/mol. The lowest BCUT2D eigenvalue weighted by Crippen LogP contribution is -2.27. The molecule has 0 saturated heterocycles. The van der Waals surface area contributed by atoms with E-state index in [2.05, 4.69) is 0 Å². The number of nitrogens with zero attached hydrogens (tertiary/aromatic N) is 1. The van der Waals surface area contributed by atoms with Crippen LogP contribution in [0.2, 0.25) is 0 Å². The summed E-state index contributed by atoms with van der Waals surface area (Å²) in [5.74, 6) is 0.708. The molecule has 0 aliphatic carbocycles. The molecular formula is C17H16F3NO6S. The first-order valence-corrected chi connectivity index (χ1v) is 9.26. The molecule has 0 fully saturated rings. The van der Waals surface area contributed by atoms with E-state index in [1.807, 2.05) is 0 Å². The number of ether oxygens (including phenoxy) is 3. The van der Waals surface area contributed by atoms with Gasteiger partial charge in [-0.1, -0.05) is 0 Å². The van der Waals surface area contributed by atoms with Gasteiger partial charge in [0.2, 0.25) is 5.75 Å². The molecule has 2 aromatic rings. The van der Waals surface area contributed by atoms with E-state index in [1.54, 1.807) is 0 Å². The van der Waals surface area contributed by atoms with Crippen molar-refractivity contribution < 1.29 is 40.6 Å². The maximum absolute atomic E-state index is 12.9. The molecule has 1 aliphatic heterocycles. The van der Waals surface area contributed by atoms with Gasteiger partial charge in [0.15, 0.2) is 11.5 Å². The van der Waals surface area contributed by atoms with Gasteiger partial charge in [-0.25, -0.2) is 0 Å². The molecule has 0 atom stereocenters. The normalized spacial score (nSPS) is 14.0. The molecule has 0 amide bonds. The van der Waals surface area contributed by atoms with Gasteiger partial charge in [-0.3, -0.25) is 4.84 Å². The summed E-state index contributed by atoms with van der Waals surface area (Å²) in [6.07, 6.45) is -4.57. The Hall–Kier alpha value is -2.66. The van der Waals surface area contributed by atoms with Crippen LogP contribution in [0.25, 0.3) is 0 Å². The molecule has 0 N–H and O–H groups in total. The summed E-state index contributed by atoms with van der Waals surface area (Å²) in [5, 5.41) is 0. The van der Waals surface area contributed by atoms with Crippen LogP contribution in [-0.4, -0.2) is 29.7 Å². The number of rotatable bonds is 5. The Morgan fingerprint density at radius 1 is 1.00 bits per heavy atom. The van der Waals surface area contributed by atoms with Crippen LogP contribution in [0.1, 0.15) is 11.1 Å². The number of sulfonamides is 1. The second kappa shape index (κ2) is 7.06. The molecule has 7 nitrogen and oxygen atoms in total. The first-order valence-electron chi connectivity index (χ1n) is 7.82. The summed E-state index contributed by atoms with van der Waals surface area (Å²) in [4.78, 5) is 4.95. The van der Waals surface area contributed by atoms with Crippen LogP contribution in [0.3, 0.4) is 0 Å². The zero-order valence-corrected chi connectivity index (χ0v) is 15.8. The standard InChI is InChI=1S/C17H16F3NO6S/c1-24-14-8-13-12(15(25-2)16(14)26-3)9-27-21(13)28(22,23)11-6-4-10(5-7-11)17(18,19)20/h4-8H,9H2,1-3H3. The largest absolute Gasteiger partial charge is 0.493 e. The lowest BCUT2D eigenvalue weighted by molar-refractivity contribution is -0.137. The summed E-state index contributed by atoms with van der Waals surface area (Å²) in [5.41, 5.74) is -0.438. The maximum atomic E-state index is 12.9. The monoisotopic (exact) mass is 419 g/mol. The van der Waals surface area contributed by atoms with Crippen LogP contribution < -0.4 is 18.7 Å². The zero-order chi connectivity index (χ0) is 20.7. The molecule has 3 rings (SSSR count).